The number of aromatic carboxylic acids is 1. The maximum Gasteiger partial charge on any atom is 0.345 e. The number of carbonyl (C=O) groups excluding carboxylic acids is 2. The molecule has 8 heteroatoms. The molecule has 2 aromatic rings. The molecule has 0 bridgehead atoms. The molecule has 1 aromatic heterocycles. The smallest absolute Gasteiger partial charge is 0.345 e. The van der Waals surface area contributed by atoms with E-state index >= 15 is 0 Å². The minimum absolute atomic E-state index is 0.294. The van der Waals surface area contributed by atoms with Crippen molar-refractivity contribution in [1.29, 1.82) is 0 Å². The van der Waals surface area contributed by atoms with Gasteiger partial charge < -0.3 is 10.2 Å². The Kier molecular flexibility index (Phi) is 7.81. The number of amides is 3. The van der Waals surface area contributed by atoms with Crippen LogP contribution in [0.5, 0.6) is 0 Å². The fraction of sp³-hybridized carbons (Fsp3) is 0.435. The van der Waals surface area contributed by atoms with Crippen LogP contribution < -0.4 is 10.2 Å². The first-order valence-electron chi connectivity index (χ1n) is 10.6. The van der Waals surface area contributed by atoms with E-state index in [2.05, 4.69) is 12.2 Å². The molecule has 7 nitrogen and oxygen atoms in total. The van der Waals surface area contributed by atoms with Crippen LogP contribution in [-0.4, -0.2) is 34.2 Å². The molecule has 0 spiro atoms. The van der Waals surface area contributed by atoms with Crippen molar-refractivity contribution in [1.82, 2.24) is 5.32 Å². The number of imide groups is 1. The number of nitrogens with zero attached hydrogens (tertiary/aromatic N) is 1. The second-order valence-electron chi connectivity index (χ2n) is 7.75. The van der Waals surface area contributed by atoms with Crippen molar-refractivity contribution in [3.05, 3.63) is 51.7 Å². The van der Waals surface area contributed by atoms with Crippen LogP contribution in [0.1, 0.15) is 71.7 Å². The number of anilines is 1. The summed E-state index contributed by atoms with van der Waals surface area (Å²) in [6, 6.07) is 9.46. The number of thiophene rings is 1. The van der Waals surface area contributed by atoms with Crippen LogP contribution in [-0.2, 0) is 11.2 Å². The number of nitrogens with one attached hydrogen (secondary N) is 1. The Balaban J connectivity index is 1.62. The summed E-state index contributed by atoms with van der Waals surface area (Å²) in [7, 11) is 0. The van der Waals surface area contributed by atoms with Crippen molar-refractivity contribution in [2.24, 2.45) is 0 Å². The highest BCUT2D eigenvalue weighted by molar-refractivity contribution is 7.13. The Hall–Kier alpha value is -2.71. The molecule has 0 radical (unpaired) electrons. The number of carboxylic acids is 1. The van der Waals surface area contributed by atoms with Gasteiger partial charge in [-0.15, -0.1) is 11.3 Å². The molecule has 3 N–H and O–H groups in total. The number of benzene rings is 1. The van der Waals surface area contributed by atoms with Gasteiger partial charge in [0.2, 0.25) is 0 Å². The van der Waals surface area contributed by atoms with Gasteiger partial charge in [-0.2, -0.15) is 0 Å². The number of carbonyl (C=O) groups is 3. The molecule has 1 unspecified atom stereocenters. The van der Waals surface area contributed by atoms with Crippen molar-refractivity contribution < 1.29 is 24.6 Å². The largest absolute Gasteiger partial charge is 0.477 e. The van der Waals surface area contributed by atoms with Gasteiger partial charge in [0, 0.05) is 10.6 Å². The second-order valence-corrected chi connectivity index (χ2v) is 8.91. The van der Waals surface area contributed by atoms with Gasteiger partial charge in [0.05, 0.1) is 6.10 Å². The molecule has 31 heavy (non-hydrogen) atoms. The molecule has 3 rings (SSSR count). The van der Waals surface area contributed by atoms with E-state index in [9.17, 15) is 19.5 Å². The zero-order valence-electron chi connectivity index (χ0n) is 17.5. The van der Waals surface area contributed by atoms with Crippen LogP contribution in [0.25, 0.3) is 0 Å². The van der Waals surface area contributed by atoms with Gasteiger partial charge in [-0.25, -0.2) is 9.59 Å². The normalized spacial score (nSPS) is 17.1. The highest BCUT2D eigenvalue weighted by Gasteiger charge is 2.38. The lowest BCUT2D eigenvalue weighted by atomic mass is 10.0. The molecule has 2 atom stereocenters. The standard InChI is InChI=1S/C23H28N2O5S/c1-2-3-4-8-19(26)15-9-11-16(12-10-15)25-18(21(27)24-23(25)30)7-5-6-17-13-14-20(31-17)22(28)29/h9-14,18-19,26H,2-8H2,1H3,(H,28,29)(H,24,27,30)/t18?,19-/m0/s1. The van der Waals surface area contributed by atoms with Crippen molar-refractivity contribution in [3.63, 3.8) is 0 Å². The molecule has 0 saturated carbocycles. The summed E-state index contributed by atoms with van der Waals surface area (Å²) in [6.45, 7) is 2.12. The highest BCUT2D eigenvalue weighted by Crippen LogP contribution is 2.28. The highest BCUT2D eigenvalue weighted by atomic mass is 32.1. The maximum atomic E-state index is 12.4. The number of urea groups is 1. The van der Waals surface area contributed by atoms with Crippen molar-refractivity contribution >= 4 is 34.9 Å². The topological polar surface area (TPSA) is 107 Å². The van der Waals surface area contributed by atoms with E-state index < -0.39 is 24.1 Å². The summed E-state index contributed by atoms with van der Waals surface area (Å²) < 4.78 is 0. The number of aliphatic hydroxyl groups excluding tert-OH is 1. The maximum absolute atomic E-state index is 12.4. The average Bonchev–Trinajstić information content (AvgIpc) is 3.33. The van der Waals surface area contributed by atoms with Crippen LogP contribution in [0.2, 0.25) is 0 Å². The second kappa shape index (κ2) is 10.5. The quantitative estimate of drug-likeness (QED) is 0.349. The van der Waals surface area contributed by atoms with E-state index in [0.29, 0.717) is 36.2 Å². The molecule has 0 aliphatic carbocycles. The van der Waals surface area contributed by atoms with E-state index in [-0.39, 0.29) is 5.91 Å². The summed E-state index contributed by atoms with van der Waals surface area (Å²) in [5.74, 6) is -1.27. The fourth-order valence-electron chi connectivity index (χ4n) is 3.77. The van der Waals surface area contributed by atoms with E-state index in [1.165, 1.54) is 16.2 Å². The molecule has 1 aliphatic heterocycles. The number of aryl methyl sites for hydroxylation is 1. The van der Waals surface area contributed by atoms with Gasteiger partial charge >= 0.3 is 12.0 Å². The molecular formula is C23H28N2O5S. The predicted octanol–water partition coefficient (Wildman–Crippen LogP) is 4.51. The molecule has 1 aliphatic rings. The Labute approximate surface area is 185 Å². The molecule has 166 valence electrons. The van der Waals surface area contributed by atoms with E-state index in [1.807, 2.05) is 0 Å². The van der Waals surface area contributed by atoms with Gasteiger partial charge in [-0.05, 0) is 55.5 Å². The first-order valence-corrected chi connectivity index (χ1v) is 11.5. The molecule has 1 saturated heterocycles. The van der Waals surface area contributed by atoms with Gasteiger partial charge in [0.15, 0.2) is 0 Å². The van der Waals surface area contributed by atoms with Crippen LogP contribution >= 0.6 is 11.3 Å². The molecular weight excluding hydrogens is 416 g/mol. The monoisotopic (exact) mass is 444 g/mol. The Bertz CT molecular complexity index is 924. The van der Waals surface area contributed by atoms with E-state index in [1.54, 1.807) is 36.4 Å². The minimum atomic E-state index is -0.942. The predicted molar refractivity (Wildman–Crippen MR) is 120 cm³/mol. The SMILES string of the molecule is CCCCC[C@H](O)c1ccc(N2C(=O)NC(=O)C2CCCc2ccc(C(=O)O)s2)cc1. The number of hydrogen-bond donors (Lipinski definition) is 3. The van der Waals surface area contributed by atoms with Crippen LogP contribution in [0.15, 0.2) is 36.4 Å². The average molecular weight is 445 g/mol. The Morgan fingerprint density at radius 1 is 1.13 bits per heavy atom. The van der Waals surface area contributed by atoms with Crippen molar-refractivity contribution in [2.45, 2.75) is 64.0 Å². The van der Waals surface area contributed by atoms with E-state index in [0.717, 1.165) is 29.7 Å². The van der Waals surface area contributed by atoms with Crippen LogP contribution in [0.3, 0.4) is 0 Å². The number of carboxylic acid groups (broad SMARTS) is 1. The number of aliphatic hydroxyl groups is 1. The lowest BCUT2D eigenvalue weighted by Gasteiger charge is -2.22. The third-order valence-corrected chi connectivity index (χ3v) is 6.61. The lowest BCUT2D eigenvalue weighted by Crippen LogP contribution is -2.35. The molecule has 3 amide bonds. The fourth-order valence-corrected chi connectivity index (χ4v) is 4.66. The third-order valence-electron chi connectivity index (χ3n) is 5.47. The van der Waals surface area contributed by atoms with Crippen molar-refractivity contribution in [3.8, 4) is 0 Å². The van der Waals surface area contributed by atoms with Crippen LogP contribution in [0.4, 0.5) is 10.5 Å². The first kappa shape index (κ1) is 23.0. The number of rotatable bonds is 11. The molecule has 1 fully saturated rings. The summed E-state index contributed by atoms with van der Waals surface area (Å²) in [5, 5.41) is 21.7. The number of unbranched alkanes of at least 4 members (excludes halogenated alkanes) is 2. The zero-order chi connectivity index (χ0) is 22.4. The summed E-state index contributed by atoms with van der Waals surface area (Å²) in [6.07, 6.45) is 5.07. The van der Waals surface area contributed by atoms with Gasteiger partial charge in [0.25, 0.3) is 5.91 Å². The van der Waals surface area contributed by atoms with Gasteiger partial charge in [-0.3, -0.25) is 15.0 Å². The number of hydrogen-bond acceptors (Lipinski definition) is 5. The Morgan fingerprint density at radius 2 is 1.87 bits per heavy atom. The lowest BCUT2D eigenvalue weighted by molar-refractivity contribution is -0.120. The van der Waals surface area contributed by atoms with Crippen LogP contribution in [0, 0.1) is 0 Å². The Morgan fingerprint density at radius 3 is 2.52 bits per heavy atom. The van der Waals surface area contributed by atoms with Crippen molar-refractivity contribution in [2.75, 3.05) is 4.90 Å². The summed E-state index contributed by atoms with van der Waals surface area (Å²) in [5.41, 5.74) is 1.41. The van der Waals surface area contributed by atoms with E-state index in [4.69, 9.17) is 5.11 Å². The van der Waals surface area contributed by atoms with Gasteiger partial charge in [0.1, 0.15) is 10.9 Å². The minimum Gasteiger partial charge on any atom is -0.477 e. The zero-order valence-corrected chi connectivity index (χ0v) is 18.4. The first-order chi connectivity index (χ1) is 14.9. The molecule has 2 heterocycles. The molecule has 1 aromatic carbocycles. The summed E-state index contributed by atoms with van der Waals surface area (Å²) in [4.78, 5) is 38.4. The van der Waals surface area contributed by atoms with Gasteiger partial charge in [-0.1, -0.05) is 38.3 Å². The summed E-state index contributed by atoms with van der Waals surface area (Å²) >= 11 is 1.23. The third kappa shape index (κ3) is 5.71.